The van der Waals surface area contributed by atoms with E-state index in [0.29, 0.717) is 13.0 Å². The summed E-state index contributed by atoms with van der Waals surface area (Å²) in [6, 6.07) is 7.71. The lowest BCUT2D eigenvalue weighted by Crippen LogP contribution is -2.01. The largest absolute Gasteiger partial charge is 0.466 e. The van der Waals surface area contributed by atoms with Gasteiger partial charge in [-0.25, -0.2) is 0 Å². The molecule has 1 aromatic carbocycles. The Morgan fingerprint density at radius 1 is 1.22 bits per heavy atom. The summed E-state index contributed by atoms with van der Waals surface area (Å²) < 4.78 is 4.82. The number of ether oxygens (including phenoxy) is 1. The summed E-state index contributed by atoms with van der Waals surface area (Å²) in [7, 11) is 0. The van der Waals surface area contributed by atoms with Crippen molar-refractivity contribution < 1.29 is 14.3 Å². The fourth-order valence-electron chi connectivity index (χ4n) is 1.55. The average Bonchev–Trinajstić information content (AvgIpc) is 2.31. The number of hydrogen-bond donors (Lipinski definition) is 0. The molecule has 96 valence electrons. The van der Waals surface area contributed by atoms with Crippen LogP contribution in [-0.4, -0.2) is 18.4 Å². The van der Waals surface area contributed by atoms with Crippen LogP contribution in [0.2, 0.25) is 0 Å². The SMILES string of the molecule is CCOC(=O)CC=Cc1ccc(CC(C)=O)cc1. The Morgan fingerprint density at radius 3 is 2.44 bits per heavy atom. The van der Waals surface area contributed by atoms with Crippen molar-refractivity contribution in [3.05, 3.63) is 41.5 Å². The zero-order valence-electron chi connectivity index (χ0n) is 10.8. The van der Waals surface area contributed by atoms with Crippen molar-refractivity contribution in [1.82, 2.24) is 0 Å². The van der Waals surface area contributed by atoms with Gasteiger partial charge in [-0.2, -0.15) is 0 Å². The third-order valence-electron chi connectivity index (χ3n) is 2.33. The number of carbonyl (C=O) groups excluding carboxylic acids is 2. The molecule has 0 fully saturated rings. The first kappa shape index (κ1) is 14.2. The standard InChI is InChI=1S/C15H18O3/c1-3-18-15(17)6-4-5-13-7-9-14(10-8-13)11-12(2)16/h4-5,7-10H,3,6,11H2,1-2H3. The van der Waals surface area contributed by atoms with Crippen LogP contribution < -0.4 is 0 Å². The molecule has 0 saturated heterocycles. The highest BCUT2D eigenvalue weighted by Crippen LogP contribution is 2.08. The predicted molar refractivity (Wildman–Crippen MR) is 71.1 cm³/mol. The Hall–Kier alpha value is -1.90. The molecular weight excluding hydrogens is 228 g/mol. The van der Waals surface area contributed by atoms with Gasteiger partial charge >= 0.3 is 5.97 Å². The molecule has 18 heavy (non-hydrogen) atoms. The zero-order valence-corrected chi connectivity index (χ0v) is 10.8. The molecule has 0 saturated carbocycles. The molecule has 0 aliphatic carbocycles. The first-order valence-corrected chi connectivity index (χ1v) is 6.02. The van der Waals surface area contributed by atoms with Crippen LogP contribution in [-0.2, 0) is 20.7 Å². The van der Waals surface area contributed by atoms with Crippen LogP contribution in [0.25, 0.3) is 6.08 Å². The van der Waals surface area contributed by atoms with Crippen LogP contribution in [0.3, 0.4) is 0 Å². The van der Waals surface area contributed by atoms with E-state index in [1.807, 2.05) is 30.3 Å². The molecular formula is C15H18O3. The molecule has 0 aliphatic heterocycles. The molecule has 0 unspecified atom stereocenters. The van der Waals surface area contributed by atoms with Gasteiger partial charge in [0.2, 0.25) is 0 Å². The van der Waals surface area contributed by atoms with Crippen molar-refractivity contribution in [1.29, 1.82) is 0 Å². The van der Waals surface area contributed by atoms with Gasteiger partial charge in [-0.15, -0.1) is 0 Å². The van der Waals surface area contributed by atoms with Crippen molar-refractivity contribution in [2.75, 3.05) is 6.61 Å². The smallest absolute Gasteiger partial charge is 0.309 e. The van der Waals surface area contributed by atoms with Crippen molar-refractivity contribution in [3.63, 3.8) is 0 Å². The molecule has 0 spiro atoms. The van der Waals surface area contributed by atoms with Crippen LogP contribution >= 0.6 is 0 Å². The molecule has 0 radical (unpaired) electrons. The lowest BCUT2D eigenvalue weighted by molar-refractivity contribution is -0.142. The number of benzene rings is 1. The van der Waals surface area contributed by atoms with Gasteiger partial charge in [-0.3, -0.25) is 9.59 Å². The zero-order chi connectivity index (χ0) is 13.4. The molecule has 0 atom stereocenters. The lowest BCUT2D eigenvalue weighted by atomic mass is 10.1. The van der Waals surface area contributed by atoms with Gasteiger partial charge in [0.15, 0.2) is 0 Å². The highest BCUT2D eigenvalue weighted by Gasteiger charge is 1.98. The van der Waals surface area contributed by atoms with E-state index in [2.05, 4.69) is 0 Å². The molecule has 3 heteroatoms. The number of carbonyl (C=O) groups is 2. The van der Waals surface area contributed by atoms with Crippen molar-refractivity contribution >= 4 is 17.8 Å². The second-order valence-electron chi connectivity index (χ2n) is 4.03. The molecule has 0 heterocycles. The van der Waals surface area contributed by atoms with Crippen molar-refractivity contribution in [3.8, 4) is 0 Å². The van der Waals surface area contributed by atoms with Crippen molar-refractivity contribution in [2.45, 2.75) is 26.7 Å². The van der Waals surface area contributed by atoms with E-state index >= 15 is 0 Å². The molecule has 0 amide bonds. The fourth-order valence-corrected chi connectivity index (χ4v) is 1.55. The number of rotatable bonds is 6. The van der Waals surface area contributed by atoms with Gasteiger partial charge in [0, 0.05) is 6.42 Å². The van der Waals surface area contributed by atoms with E-state index in [4.69, 9.17) is 4.74 Å². The van der Waals surface area contributed by atoms with Gasteiger partial charge in [0.25, 0.3) is 0 Å². The second kappa shape index (κ2) is 7.43. The fraction of sp³-hybridized carbons (Fsp3) is 0.333. The Labute approximate surface area is 107 Å². The van der Waals surface area contributed by atoms with E-state index in [-0.39, 0.29) is 18.2 Å². The summed E-state index contributed by atoms with van der Waals surface area (Å²) in [5, 5.41) is 0. The number of esters is 1. The first-order chi connectivity index (χ1) is 8.61. The Bertz CT molecular complexity index is 430. The number of Topliss-reactive ketones (excluding diaryl/α,β-unsaturated/α-hetero) is 1. The average molecular weight is 246 g/mol. The van der Waals surface area contributed by atoms with Crippen LogP contribution in [0.15, 0.2) is 30.3 Å². The predicted octanol–water partition coefficient (Wildman–Crippen LogP) is 2.78. The second-order valence-corrected chi connectivity index (χ2v) is 4.03. The number of hydrogen-bond acceptors (Lipinski definition) is 3. The van der Waals surface area contributed by atoms with Gasteiger partial charge < -0.3 is 4.74 Å². The van der Waals surface area contributed by atoms with Gasteiger partial charge in [-0.05, 0) is 25.0 Å². The Morgan fingerprint density at radius 2 is 1.89 bits per heavy atom. The van der Waals surface area contributed by atoms with Crippen LogP contribution in [0, 0.1) is 0 Å². The van der Waals surface area contributed by atoms with E-state index < -0.39 is 0 Å². The third kappa shape index (κ3) is 5.43. The molecule has 0 N–H and O–H groups in total. The summed E-state index contributed by atoms with van der Waals surface area (Å²) in [5.74, 6) is -0.0671. The maximum atomic E-state index is 11.1. The summed E-state index contributed by atoms with van der Waals surface area (Å²) >= 11 is 0. The molecule has 0 aliphatic rings. The molecule has 1 aromatic rings. The molecule has 3 nitrogen and oxygen atoms in total. The normalized spacial score (nSPS) is 10.6. The minimum Gasteiger partial charge on any atom is -0.466 e. The topological polar surface area (TPSA) is 43.4 Å². The van der Waals surface area contributed by atoms with E-state index in [0.717, 1.165) is 11.1 Å². The van der Waals surface area contributed by atoms with E-state index in [1.54, 1.807) is 19.9 Å². The highest BCUT2D eigenvalue weighted by atomic mass is 16.5. The first-order valence-electron chi connectivity index (χ1n) is 6.02. The highest BCUT2D eigenvalue weighted by molar-refractivity contribution is 5.78. The number of ketones is 1. The summed E-state index contributed by atoms with van der Waals surface area (Å²) in [4.78, 5) is 22.0. The minimum absolute atomic E-state index is 0.153. The quantitative estimate of drug-likeness (QED) is 0.725. The van der Waals surface area contributed by atoms with E-state index in [9.17, 15) is 9.59 Å². The van der Waals surface area contributed by atoms with Gasteiger partial charge in [0.05, 0.1) is 13.0 Å². The van der Waals surface area contributed by atoms with Gasteiger partial charge in [0.1, 0.15) is 5.78 Å². The van der Waals surface area contributed by atoms with Crippen molar-refractivity contribution in [2.24, 2.45) is 0 Å². The summed E-state index contributed by atoms with van der Waals surface area (Å²) in [5.41, 5.74) is 2.01. The van der Waals surface area contributed by atoms with E-state index in [1.165, 1.54) is 0 Å². The van der Waals surface area contributed by atoms with Crippen LogP contribution in [0.4, 0.5) is 0 Å². The summed E-state index contributed by atoms with van der Waals surface area (Å²) in [6.45, 7) is 3.77. The van der Waals surface area contributed by atoms with Crippen LogP contribution in [0.1, 0.15) is 31.4 Å². The van der Waals surface area contributed by atoms with Crippen LogP contribution in [0.5, 0.6) is 0 Å². The maximum Gasteiger partial charge on any atom is 0.309 e. The minimum atomic E-state index is -0.220. The third-order valence-corrected chi connectivity index (χ3v) is 2.33. The summed E-state index contributed by atoms with van der Waals surface area (Å²) in [6.07, 6.45) is 4.39. The Kier molecular flexibility index (Phi) is 5.85. The maximum absolute atomic E-state index is 11.1. The molecule has 0 bridgehead atoms. The lowest BCUT2D eigenvalue weighted by Gasteiger charge is -1.99. The monoisotopic (exact) mass is 246 g/mol. The molecule has 0 aromatic heterocycles. The Balaban J connectivity index is 2.50. The molecule has 1 rings (SSSR count). The van der Waals surface area contributed by atoms with Gasteiger partial charge in [-0.1, -0.05) is 36.4 Å².